The van der Waals surface area contributed by atoms with Crippen LogP contribution in [-0.4, -0.2) is 11.5 Å². The zero-order valence-corrected chi connectivity index (χ0v) is 11.2. The number of hydrogen-bond donors (Lipinski definition) is 1. The lowest BCUT2D eigenvalue weighted by Gasteiger charge is -2.07. The minimum absolute atomic E-state index is 0.651. The number of rotatable bonds is 6. The first kappa shape index (κ1) is 12.8. The average Bonchev–Trinajstić information content (AvgIpc) is 2.20. The van der Waals surface area contributed by atoms with Crippen LogP contribution in [0.25, 0.3) is 0 Å². The molecule has 4 heteroatoms. The molecule has 0 aliphatic carbocycles. The van der Waals surface area contributed by atoms with E-state index in [4.69, 9.17) is 11.6 Å². The molecule has 0 fully saturated rings. The van der Waals surface area contributed by atoms with Crippen molar-refractivity contribution in [3.8, 4) is 0 Å². The topological polar surface area (TPSA) is 24.9 Å². The molecule has 1 aromatic rings. The monoisotopic (exact) mass is 290 g/mol. The lowest BCUT2D eigenvalue weighted by Crippen LogP contribution is -2.03. The van der Waals surface area contributed by atoms with Crippen LogP contribution in [-0.2, 0) is 0 Å². The summed E-state index contributed by atoms with van der Waals surface area (Å²) in [6.07, 6.45) is 6.68. The first-order valence-corrected chi connectivity index (χ1v) is 6.46. The molecular weight excluding hydrogens is 275 g/mol. The second kappa shape index (κ2) is 7.07. The third-order valence-corrected chi connectivity index (χ3v) is 2.94. The van der Waals surface area contributed by atoms with Crippen LogP contribution < -0.4 is 5.32 Å². The maximum atomic E-state index is 5.80. The number of halogens is 2. The lowest BCUT2D eigenvalue weighted by molar-refractivity contribution is 0.684. The minimum atomic E-state index is 0.651. The van der Waals surface area contributed by atoms with Gasteiger partial charge in [-0.1, -0.05) is 37.8 Å². The van der Waals surface area contributed by atoms with Gasteiger partial charge in [0.05, 0.1) is 9.50 Å². The summed E-state index contributed by atoms with van der Waals surface area (Å²) in [4.78, 5) is 4.21. The van der Waals surface area contributed by atoms with Crippen LogP contribution >= 0.6 is 27.5 Å². The smallest absolute Gasteiger partial charge is 0.140 e. The van der Waals surface area contributed by atoms with Gasteiger partial charge in [-0.15, -0.1) is 0 Å². The van der Waals surface area contributed by atoms with Gasteiger partial charge in [0.2, 0.25) is 0 Å². The number of pyridine rings is 1. The van der Waals surface area contributed by atoms with E-state index in [-0.39, 0.29) is 0 Å². The molecule has 15 heavy (non-hydrogen) atoms. The van der Waals surface area contributed by atoms with Crippen LogP contribution in [0.1, 0.15) is 32.6 Å². The summed E-state index contributed by atoms with van der Waals surface area (Å²) >= 11 is 9.22. The quantitative estimate of drug-likeness (QED) is 0.781. The first-order valence-electron chi connectivity index (χ1n) is 5.29. The molecule has 0 aromatic carbocycles. The number of hydrogen-bond acceptors (Lipinski definition) is 2. The molecule has 0 radical (unpaired) electrons. The van der Waals surface area contributed by atoms with Crippen molar-refractivity contribution in [2.24, 2.45) is 0 Å². The molecule has 0 aliphatic heterocycles. The van der Waals surface area contributed by atoms with Gasteiger partial charge in [-0.2, -0.15) is 0 Å². The summed E-state index contributed by atoms with van der Waals surface area (Å²) in [6, 6.07) is 1.85. The summed E-state index contributed by atoms with van der Waals surface area (Å²) in [7, 11) is 0. The molecule has 0 spiro atoms. The Kier molecular flexibility index (Phi) is 6.03. The van der Waals surface area contributed by atoms with Crippen LogP contribution in [0.4, 0.5) is 5.82 Å². The highest BCUT2D eigenvalue weighted by molar-refractivity contribution is 9.10. The van der Waals surface area contributed by atoms with E-state index in [9.17, 15) is 0 Å². The van der Waals surface area contributed by atoms with Gasteiger partial charge in [0.1, 0.15) is 5.82 Å². The van der Waals surface area contributed by atoms with Crippen LogP contribution in [0.5, 0.6) is 0 Å². The fourth-order valence-electron chi connectivity index (χ4n) is 1.30. The van der Waals surface area contributed by atoms with Crippen LogP contribution in [0.2, 0.25) is 5.02 Å². The summed E-state index contributed by atoms with van der Waals surface area (Å²) in [6.45, 7) is 3.18. The molecule has 0 aliphatic rings. The van der Waals surface area contributed by atoms with E-state index >= 15 is 0 Å². The number of unbranched alkanes of at least 4 members (excludes halogenated alkanes) is 3. The van der Waals surface area contributed by atoms with E-state index in [1.165, 1.54) is 25.7 Å². The van der Waals surface area contributed by atoms with Crippen molar-refractivity contribution in [1.29, 1.82) is 0 Å². The maximum absolute atomic E-state index is 5.80. The van der Waals surface area contributed by atoms with Crippen LogP contribution in [0, 0.1) is 0 Å². The Bertz CT molecular complexity index is 305. The predicted molar refractivity (Wildman–Crippen MR) is 69.6 cm³/mol. The minimum Gasteiger partial charge on any atom is -0.369 e. The van der Waals surface area contributed by atoms with Crippen molar-refractivity contribution >= 4 is 33.3 Å². The molecule has 0 amide bonds. The standard InChI is InChI=1S/C11H16BrClN2/c1-2-3-4-5-6-14-11-10(12)7-9(13)8-15-11/h7-8H,2-6H2,1H3,(H,14,15). The van der Waals surface area contributed by atoms with Gasteiger partial charge in [0.15, 0.2) is 0 Å². The molecule has 1 heterocycles. The predicted octanol–water partition coefficient (Wildman–Crippen LogP) is 4.49. The van der Waals surface area contributed by atoms with Gasteiger partial charge >= 0.3 is 0 Å². The van der Waals surface area contributed by atoms with E-state index in [2.05, 4.69) is 33.2 Å². The summed E-state index contributed by atoms with van der Waals surface area (Å²) in [5, 5.41) is 3.93. The van der Waals surface area contributed by atoms with E-state index in [0.29, 0.717) is 5.02 Å². The van der Waals surface area contributed by atoms with Gasteiger partial charge in [0.25, 0.3) is 0 Å². The lowest BCUT2D eigenvalue weighted by atomic mass is 10.2. The molecule has 1 aromatic heterocycles. The first-order chi connectivity index (χ1) is 7.24. The normalized spacial score (nSPS) is 10.3. The number of aromatic nitrogens is 1. The highest BCUT2D eigenvalue weighted by Crippen LogP contribution is 2.22. The molecule has 2 nitrogen and oxygen atoms in total. The van der Waals surface area contributed by atoms with Crippen molar-refractivity contribution in [3.05, 3.63) is 21.8 Å². The Morgan fingerprint density at radius 2 is 2.20 bits per heavy atom. The zero-order valence-electron chi connectivity index (χ0n) is 8.89. The highest BCUT2D eigenvalue weighted by Gasteiger charge is 2.00. The fourth-order valence-corrected chi connectivity index (χ4v) is 2.08. The van der Waals surface area contributed by atoms with Crippen molar-refractivity contribution in [2.75, 3.05) is 11.9 Å². The Morgan fingerprint density at radius 3 is 2.87 bits per heavy atom. The van der Waals surface area contributed by atoms with Crippen LogP contribution in [0.3, 0.4) is 0 Å². The molecule has 0 unspecified atom stereocenters. The molecule has 1 rings (SSSR count). The molecule has 84 valence electrons. The third-order valence-electron chi connectivity index (χ3n) is 2.13. The second-order valence-electron chi connectivity index (χ2n) is 3.47. The maximum Gasteiger partial charge on any atom is 0.140 e. The van der Waals surface area contributed by atoms with Crippen molar-refractivity contribution in [3.63, 3.8) is 0 Å². The zero-order chi connectivity index (χ0) is 11.1. The second-order valence-corrected chi connectivity index (χ2v) is 4.76. The van der Waals surface area contributed by atoms with E-state index < -0.39 is 0 Å². The molecule has 0 atom stereocenters. The summed E-state index contributed by atoms with van der Waals surface area (Å²) in [5.74, 6) is 0.871. The molecule has 0 saturated heterocycles. The van der Waals surface area contributed by atoms with Gasteiger partial charge in [-0.05, 0) is 28.4 Å². The Labute approximate surface area is 105 Å². The molecular formula is C11H16BrClN2. The largest absolute Gasteiger partial charge is 0.369 e. The number of anilines is 1. The molecule has 0 saturated carbocycles. The molecule has 0 bridgehead atoms. The van der Waals surface area contributed by atoms with E-state index in [0.717, 1.165) is 16.8 Å². The fraction of sp³-hybridized carbons (Fsp3) is 0.545. The highest BCUT2D eigenvalue weighted by atomic mass is 79.9. The summed E-state index contributed by atoms with van der Waals surface area (Å²) in [5.41, 5.74) is 0. The third kappa shape index (κ3) is 4.85. The van der Waals surface area contributed by atoms with Gasteiger partial charge < -0.3 is 5.32 Å². The van der Waals surface area contributed by atoms with Crippen LogP contribution in [0.15, 0.2) is 16.7 Å². The Morgan fingerprint density at radius 1 is 1.40 bits per heavy atom. The number of nitrogens with one attached hydrogen (secondary N) is 1. The summed E-state index contributed by atoms with van der Waals surface area (Å²) < 4.78 is 0.922. The SMILES string of the molecule is CCCCCCNc1ncc(Cl)cc1Br. The van der Waals surface area contributed by atoms with Gasteiger partial charge in [0, 0.05) is 12.7 Å². The van der Waals surface area contributed by atoms with E-state index in [1.54, 1.807) is 6.20 Å². The van der Waals surface area contributed by atoms with Gasteiger partial charge in [-0.25, -0.2) is 4.98 Å². The van der Waals surface area contributed by atoms with Gasteiger partial charge in [-0.3, -0.25) is 0 Å². The Balaban J connectivity index is 2.31. The number of nitrogens with zero attached hydrogens (tertiary/aromatic N) is 1. The van der Waals surface area contributed by atoms with Crippen molar-refractivity contribution in [2.45, 2.75) is 32.6 Å². The van der Waals surface area contributed by atoms with Crippen molar-refractivity contribution in [1.82, 2.24) is 4.98 Å². The van der Waals surface area contributed by atoms with Crippen molar-refractivity contribution < 1.29 is 0 Å². The average molecular weight is 292 g/mol. The Hall–Kier alpha value is -0.280. The molecule has 1 N–H and O–H groups in total. The van der Waals surface area contributed by atoms with E-state index in [1.807, 2.05) is 6.07 Å².